The van der Waals surface area contributed by atoms with Crippen LogP contribution in [0.15, 0.2) is 36.5 Å². The Kier molecular flexibility index (Phi) is 7.25. The molecule has 1 aromatic rings. The molecule has 1 aromatic carbocycles. The number of hydrogen-bond acceptors (Lipinski definition) is 4. The number of unbranched alkanes of at least 4 members (excludes halogenated alkanes) is 1. The van der Waals surface area contributed by atoms with E-state index in [1.54, 1.807) is 0 Å². The SMILES string of the molecule is C=C1NC(=S)N[C@@H](c2ccccc2OCCC)[C@@H]1C(=O)OCCCC. The zero-order valence-corrected chi connectivity index (χ0v) is 15.7. The third-order valence-corrected chi connectivity index (χ3v) is 4.20. The molecule has 1 aliphatic heterocycles. The number of hydrogen-bond donors (Lipinski definition) is 2. The molecule has 0 radical (unpaired) electrons. The molecule has 0 aromatic heterocycles. The molecule has 0 bridgehead atoms. The predicted molar refractivity (Wildman–Crippen MR) is 102 cm³/mol. The number of benzene rings is 1. The van der Waals surface area contributed by atoms with E-state index in [0.29, 0.717) is 24.0 Å². The van der Waals surface area contributed by atoms with E-state index in [2.05, 4.69) is 31.1 Å². The number of ether oxygens (including phenoxy) is 2. The largest absolute Gasteiger partial charge is 0.493 e. The summed E-state index contributed by atoms with van der Waals surface area (Å²) >= 11 is 5.26. The molecule has 2 atom stereocenters. The Labute approximate surface area is 154 Å². The Morgan fingerprint density at radius 1 is 1.24 bits per heavy atom. The predicted octanol–water partition coefficient (Wildman–Crippen LogP) is 3.47. The van der Waals surface area contributed by atoms with E-state index in [-0.39, 0.29) is 12.0 Å². The van der Waals surface area contributed by atoms with Crippen molar-refractivity contribution in [3.8, 4) is 5.75 Å². The summed E-state index contributed by atoms with van der Waals surface area (Å²) in [6.07, 6.45) is 2.71. The van der Waals surface area contributed by atoms with Gasteiger partial charge in [0.1, 0.15) is 11.7 Å². The molecule has 0 aliphatic carbocycles. The van der Waals surface area contributed by atoms with Crippen LogP contribution >= 0.6 is 12.2 Å². The molecule has 2 rings (SSSR count). The molecule has 1 saturated heterocycles. The molecule has 6 heteroatoms. The molecule has 1 fully saturated rings. The summed E-state index contributed by atoms with van der Waals surface area (Å²) in [4.78, 5) is 12.7. The highest BCUT2D eigenvalue weighted by atomic mass is 32.1. The van der Waals surface area contributed by atoms with Crippen molar-refractivity contribution in [3.63, 3.8) is 0 Å². The molecule has 0 amide bonds. The molecule has 136 valence electrons. The summed E-state index contributed by atoms with van der Waals surface area (Å²) in [5.41, 5.74) is 1.42. The van der Waals surface area contributed by atoms with Crippen molar-refractivity contribution in [1.82, 2.24) is 10.6 Å². The van der Waals surface area contributed by atoms with Gasteiger partial charge in [-0.15, -0.1) is 0 Å². The first-order valence-corrected chi connectivity index (χ1v) is 9.14. The standard InChI is InChI=1S/C19H26N2O3S/c1-4-6-12-24-18(22)16-13(3)20-19(25)21-17(16)14-9-7-8-10-15(14)23-11-5-2/h7-10,16-17H,3-6,11-12H2,1-2H3,(H2,20,21,25)/t16-,17+/m1/s1. The normalized spacial score (nSPS) is 19.8. The molecule has 1 aliphatic rings. The minimum atomic E-state index is -0.574. The van der Waals surface area contributed by atoms with Gasteiger partial charge in [0.25, 0.3) is 0 Å². The van der Waals surface area contributed by atoms with Crippen molar-refractivity contribution < 1.29 is 14.3 Å². The summed E-state index contributed by atoms with van der Waals surface area (Å²) in [5, 5.41) is 6.57. The van der Waals surface area contributed by atoms with Crippen LogP contribution in [0.5, 0.6) is 5.75 Å². The molecule has 0 spiro atoms. The van der Waals surface area contributed by atoms with Gasteiger partial charge < -0.3 is 20.1 Å². The van der Waals surface area contributed by atoms with Gasteiger partial charge in [0.15, 0.2) is 5.11 Å². The summed E-state index contributed by atoms with van der Waals surface area (Å²) in [5.74, 6) is -0.142. The first-order chi connectivity index (χ1) is 12.1. The van der Waals surface area contributed by atoms with Gasteiger partial charge in [0, 0.05) is 11.3 Å². The minimum Gasteiger partial charge on any atom is -0.493 e. The van der Waals surface area contributed by atoms with E-state index >= 15 is 0 Å². The van der Waals surface area contributed by atoms with Crippen molar-refractivity contribution in [2.75, 3.05) is 13.2 Å². The van der Waals surface area contributed by atoms with Crippen molar-refractivity contribution in [3.05, 3.63) is 42.1 Å². The van der Waals surface area contributed by atoms with E-state index in [1.807, 2.05) is 24.3 Å². The number of thiocarbonyl (C=S) groups is 1. The van der Waals surface area contributed by atoms with Crippen molar-refractivity contribution in [2.24, 2.45) is 5.92 Å². The molecular formula is C19H26N2O3S. The van der Waals surface area contributed by atoms with E-state index in [0.717, 1.165) is 30.6 Å². The smallest absolute Gasteiger partial charge is 0.317 e. The van der Waals surface area contributed by atoms with Crippen LogP contribution in [0.4, 0.5) is 0 Å². The Hall–Kier alpha value is -2.08. The highest BCUT2D eigenvalue weighted by Gasteiger charge is 2.39. The molecule has 2 N–H and O–H groups in total. The quantitative estimate of drug-likeness (QED) is 0.420. The molecule has 0 unspecified atom stereocenters. The molecule has 5 nitrogen and oxygen atoms in total. The Morgan fingerprint density at radius 2 is 2.00 bits per heavy atom. The third-order valence-electron chi connectivity index (χ3n) is 3.98. The Bertz CT molecular complexity index is 633. The van der Waals surface area contributed by atoms with Gasteiger partial charge in [-0.05, 0) is 31.1 Å². The van der Waals surface area contributed by atoms with Crippen LogP contribution in [-0.2, 0) is 9.53 Å². The fourth-order valence-electron chi connectivity index (χ4n) is 2.71. The van der Waals surface area contributed by atoms with Crippen molar-refractivity contribution in [1.29, 1.82) is 0 Å². The maximum atomic E-state index is 12.7. The van der Waals surface area contributed by atoms with Gasteiger partial charge >= 0.3 is 5.97 Å². The average Bonchev–Trinajstić information content (AvgIpc) is 2.59. The third kappa shape index (κ3) is 4.95. The van der Waals surface area contributed by atoms with Gasteiger partial charge in [0.05, 0.1) is 19.3 Å². The van der Waals surface area contributed by atoms with Crippen molar-refractivity contribution >= 4 is 23.3 Å². The summed E-state index contributed by atoms with van der Waals surface area (Å²) < 4.78 is 11.3. The number of esters is 1. The Balaban J connectivity index is 2.29. The van der Waals surface area contributed by atoms with Crippen LogP contribution in [0.25, 0.3) is 0 Å². The lowest BCUT2D eigenvalue weighted by molar-refractivity contribution is -0.148. The molecule has 0 saturated carbocycles. The van der Waals surface area contributed by atoms with E-state index in [9.17, 15) is 4.79 Å². The number of carbonyl (C=O) groups excluding carboxylic acids is 1. The summed E-state index contributed by atoms with van der Waals surface area (Å²) in [6, 6.07) is 7.31. The second kappa shape index (κ2) is 9.42. The van der Waals surface area contributed by atoms with Gasteiger partial charge in [-0.25, -0.2) is 0 Å². The lowest BCUT2D eigenvalue weighted by Crippen LogP contribution is -2.51. The highest BCUT2D eigenvalue weighted by Crippen LogP contribution is 2.35. The number of rotatable bonds is 8. The van der Waals surface area contributed by atoms with E-state index in [1.165, 1.54) is 0 Å². The van der Waals surface area contributed by atoms with Crippen LogP contribution in [0, 0.1) is 5.92 Å². The molecule has 25 heavy (non-hydrogen) atoms. The fourth-order valence-corrected chi connectivity index (χ4v) is 2.97. The number of para-hydroxylation sites is 1. The first-order valence-electron chi connectivity index (χ1n) is 8.73. The maximum absolute atomic E-state index is 12.7. The van der Waals surface area contributed by atoms with E-state index < -0.39 is 5.92 Å². The van der Waals surface area contributed by atoms with Gasteiger partial charge in [0.2, 0.25) is 0 Å². The molecular weight excluding hydrogens is 336 g/mol. The number of nitrogens with one attached hydrogen (secondary N) is 2. The van der Waals surface area contributed by atoms with E-state index in [4.69, 9.17) is 21.7 Å². The van der Waals surface area contributed by atoms with Crippen LogP contribution < -0.4 is 15.4 Å². The van der Waals surface area contributed by atoms with Crippen LogP contribution in [0.1, 0.15) is 44.7 Å². The number of carbonyl (C=O) groups is 1. The van der Waals surface area contributed by atoms with Crippen LogP contribution in [0.2, 0.25) is 0 Å². The maximum Gasteiger partial charge on any atom is 0.317 e. The fraction of sp³-hybridized carbons (Fsp3) is 0.474. The lowest BCUT2D eigenvalue weighted by atomic mass is 9.88. The van der Waals surface area contributed by atoms with Gasteiger partial charge in [-0.2, -0.15) is 0 Å². The monoisotopic (exact) mass is 362 g/mol. The zero-order valence-electron chi connectivity index (χ0n) is 14.8. The topological polar surface area (TPSA) is 59.6 Å². The van der Waals surface area contributed by atoms with Crippen LogP contribution in [0.3, 0.4) is 0 Å². The summed E-state index contributed by atoms with van der Waals surface area (Å²) in [6.45, 7) is 9.11. The minimum absolute atomic E-state index is 0.309. The second-order valence-electron chi connectivity index (χ2n) is 5.99. The van der Waals surface area contributed by atoms with Gasteiger partial charge in [-0.3, -0.25) is 4.79 Å². The average molecular weight is 362 g/mol. The molecule has 1 heterocycles. The van der Waals surface area contributed by atoms with Crippen LogP contribution in [-0.4, -0.2) is 24.3 Å². The summed E-state index contributed by atoms with van der Waals surface area (Å²) in [7, 11) is 0. The van der Waals surface area contributed by atoms with Crippen molar-refractivity contribution in [2.45, 2.75) is 39.2 Å². The Morgan fingerprint density at radius 3 is 2.72 bits per heavy atom. The zero-order chi connectivity index (χ0) is 18.2. The highest BCUT2D eigenvalue weighted by molar-refractivity contribution is 7.80. The second-order valence-corrected chi connectivity index (χ2v) is 6.39. The lowest BCUT2D eigenvalue weighted by Gasteiger charge is -2.35. The first kappa shape index (κ1) is 19.2. The van der Waals surface area contributed by atoms with Gasteiger partial charge in [-0.1, -0.05) is 45.0 Å².